The smallest absolute Gasteiger partial charge is 0.274 e. The first kappa shape index (κ1) is 15.7. The summed E-state index contributed by atoms with van der Waals surface area (Å²) in [6.45, 7) is 0.213. The Kier molecular flexibility index (Phi) is 4.55. The molecule has 2 aromatic rings. The predicted molar refractivity (Wildman–Crippen MR) is 78.2 cm³/mol. The lowest BCUT2D eigenvalue weighted by Crippen LogP contribution is -2.30. The van der Waals surface area contributed by atoms with E-state index in [1.54, 1.807) is 13.1 Å². The van der Waals surface area contributed by atoms with E-state index in [9.17, 15) is 14.0 Å². The van der Waals surface area contributed by atoms with Crippen molar-refractivity contribution in [3.05, 3.63) is 57.8 Å². The molecule has 2 rings (SSSR count). The van der Waals surface area contributed by atoms with Gasteiger partial charge in [0.1, 0.15) is 5.69 Å². The molecular weight excluding hydrogens is 289 g/mol. The summed E-state index contributed by atoms with van der Waals surface area (Å²) in [5.41, 5.74) is 0.481. The van der Waals surface area contributed by atoms with Crippen molar-refractivity contribution in [3.63, 3.8) is 0 Å². The molecule has 1 amide bonds. The van der Waals surface area contributed by atoms with Crippen molar-refractivity contribution in [2.75, 3.05) is 14.2 Å². The van der Waals surface area contributed by atoms with Crippen LogP contribution in [0.1, 0.15) is 16.1 Å². The van der Waals surface area contributed by atoms with Crippen molar-refractivity contribution in [2.45, 2.75) is 6.54 Å². The molecule has 0 atom stereocenters. The van der Waals surface area contributed by atoms with Gasteiger partial charge in [0.15, 0.2) is 11.6 Å². The number of aryl methyl sites for hydroxylation is 1. The predicted octanol–water partition coefficient (Wildman–Crippen LogP) is 1.20. The molecule has 1 aromatic carbocycles. The molecule has 6 nitrogen and oxygen atoms in total. The normalized spacial score (nSPS) is 10.4. The van der Waals surface area contributed by atoms with Gasteiger partial charge in [0.25, 0.3) is 11.5 Å². The fourth-order valence-electron chi connectivity index (χ4n) is 1.97. The highest BCUT2D eigenvalue weighted by atomic mass is 19.1. The van der Waals surface area contributed by atoms with Crippen LogP contribution in [0.2, 0.25) is 0 Å². The Balaban J connectivity index is 2.15. The summed E-state index contributed by atoms with van der Waals surface area (Å²) in [4.78, 5) is 24.9. The highest BCUT2D eigenvalue weighted by molar-refractivity contribution is 5.91. The van der Waals surface area contributed by atoms with Gasteiger partial charge in [0.2, 0.25) is 0 Å². The molecule has 0 spiro atoms. The third kappa shape index (κ3) is 3.30. The average Bonchev–Trinajstić information content (AvgIpc) is 2.49. The van der Waals surface area contributed by atoms with Gasteiger partial charge in [-0.3, -0.25) is 9.59 Å². The van der Waals surface area contributed by atoms with E-state index in [0.717, 1.165) is 4.68 Å². The number of halogens is 1. The van der Waals surface area contributed by atoms with Gasteiger partial charge in [0.05, 0.1) is 7.11 Å². The van der Waals surface area contributed by atoms with Crippen molar-refractivity contribution in [1.82, 2.24) is 14.7 Å². The summed E-state index contributed by atoms with van der Waals surface area (Å²) in [5.74, 6) is -0.689. The van der Waals surface area contributed by atoms with Crippen LogP contribution in [0.4, 0.5) is 4.39 Å². The topological polar surface area (TPSA) is 64.4 Å². The molecular formula is C15H16FN3O3. The number of carbonyl (C=O) groups is 1. The number of hydrogen-bond donors (Lipinski definition) is 0. The Bertz CT molecular complexity index is 758. The maximum absolute atomic E-state index is 13.6. The number of amides is 1. The lowest BCUT2D eigenvalue weighted by molar-refractivity contribution is 0.0776. The van der Waals surface area contributed by atoms with Crippen LogP contribution in [0, 0.1) is 5.82 Å². The van der Waals surface area contributed by atoms with Gasteiger partial charge in [-0.05, 0) is 23.8 Å². The molecule has 7 heteroatoms. The first-order chi connectivity index (χ1) is 10.4. The zero-order valence-corrected chi connectivity index (χ0v) is 12.5. The number of rotatable bonds is 4. The summed E-state index contributed by atoms with van der Waals surface area (Å²) >= 11 is 0. The quantitative estimate of drug-likeness (QED) is 0.851. The molecule has 22 heavy (non-hydrogen) atoms. The van der Waals surface area contributed by atoms with Crippen molar-refractivity contribution in [3.8, 4) is 5.75 Å². The molecule has 0 aliphatic rings. The number of hydrogen-bond acceptors (Lipinski definition) is 4. The van der Waals surface area contributed by atoms with Gasteiger partial charge >= 0.3 is 0 Å². The minimum Gasteiger partial charge on any atom is -0.494 e. The van der Waals surface area contributed by atoms with Crippen LogP contribution in [0.25, 0.3) is 0 Å². The maximum atomic E-state index is 13.6. The van der Waals surface area contributed by atoms with E-state index in [1.165, 1.54) is 43.3 Å². The van der Waals surface area contributed by atoms with Crippen LogP contribution in [-0.2, 0) is 13.6 Å². The van der Waals surface area contributed by atoms with Crippen molar-refractivity contribution >= 4 is 5.91 Å². The number of aromatic nitrogens is 2. The molecule has 0 N–H and O–H groups in total. The van der Waals surface area contributed by atoms with Crippen LogP contribution in [0.15, 0.2) is 35.1 Å². The molecule has 0 aliphatic carbocycles. The van der Waals surface area contributed by atoms with E-state index < -0.39 is 5.82 Å². The minimum absolute atomic E-state index is 0.150. The summed E-state index contributed by atoms with van der Waals surface area (Å²) in [5, 5.41) is 3.90. The van der Waals surface area contributed by atoms with E-state index in [-0.39, 0.29) is 29.5 Å². The summed E-state index contributed by atoms with van der Waals surface area (Å²) in [6.07, 6.45) is 0. The highest BCUT2D eigenvalue weighted by Gasteiger charge is 2.15. The largest absolute Gasteiger partial charge is 0.494 e. The Labute approximate surface area is 126 Å². The second kappa shape index (κ2) is 6.38. The minimum atomic E-state index is -0.485. The summed E-state index contributed by atoms with van der Waals surface area (Å²) in [6, 6.07) is 7.15. The first-order valence-corrected chi connectivity index (χ1v) is 6.54. The van der Waals surface area contributed by atoms with Gasteiger partial charge in [-0.1, -0.05) is 6.07 Å². The van der Waals surface area contributed by atoms with E-state index in [1.807, 2.05) is 0 Å². The maximum Gasteiger partial charge on any atom is 0.274 e. The summed E-state index contributed by atoms with van der Waals surface area (Å²) in [7, 11) is 4.44. The Morgan fingerprint density at radius 2 is 2.09 bits per heavy atom. The average molecular weight is 305 g/mol. The number of carbonyl (C=O) groups excluding carboxylic acids is 1. The number of methoxy groups -OCH3 is 1. The fraction of sp³-hybridized carbons (Fsp3) is 0.267. The molecule has 1 heterocycles. The van der Waals surface area contributed by atoms with Crippen molar-refractivity contribution in [1.29, 1.82) is 0 Å². The molecule has 0 bridgehead atoms. The Morgan fingerprint density at radius 3 is 2.68 bits per heavy atom. The molecule has 1 aromatic heterocycles. The molecule has 0 saturated carbocycles. The van der Waals surface area contributed by atoms with E-state index in [2.05, 4.69) is 5.10 Å². The van der Waals surface area contributed by atoms with Crippen LogP contribution in [0.3, 0.4) is 0 Å². The van der Waals surface area contributed by atoms with E-state index in [4.69, 9.17) is 4.74 Å². The molecule has 0 radical (unpaired) electrons. The highest BCUT2D eigenvalue weighted by Crippen LogP contribution is 2.18. The Hall–Kier alpha value is -2.70. The third-order valence-corrected chi connectivity index (χ3v) is 3.16. The zero-order valence-electron chi connectivity index (χ0n) is 12.5. The fourth-order valence-corrected chi connectivity index (χ4v) is 1.97. The van der Waals surface area contributed by atoms with E-state index >= 15 is 0 Å². The molecule has 0 saturated heterocycles. The molecule has 0 fully saturated rings. The molecule has 0 aliphatic heterocycles. The lowest BCUT2D eigenvalue weighted by atomic mass is 10.2. The zero-order chi connectivity index (χ0) is 16.3. The standard InChI is InChI=1S/C15H16FN3O3/c1-18(9-10-4-6-13(22-3)11(16)8-10)15(21)12-5-7-14(20)19(2)17-12/h4-8H,9H2,1-3H3. The second-order valence-corrected chi connectivity index (χ2v) is 4.81. The van der Waals surface area contributed by atoms with Crippen molar-refractivity contribution in [2.24, 2.45) is 7.05 Å². The molecule has 116 valence electrons. The Morgan fingerprint density at radius 1 is 1.36 bits per heavy atom. The van der Waals surface area contributed by atoms with Gasteiger partial charge in [0, 0.05) is 26.7 Å². The van der Waals surface area contributed by atoms with Crippen LogP contribution in [0.5, 0.6) is 5.75 Å². The van der Waals surface area contributed by atoms with Gasteiger partial charge in [-0.15, -0.1) is 0 Å². The first-order valence-electron chi connectivity index (χ1n) is 6.54. The van der Waals surface area contributed by atoms with Crippen LogP contribution in [-0.4, -0.2) is 34.7 Å². The SMILES string of the molecule is COc1ccc(CN(C)C(=O)c2ccc(=O)n(C)n2)cc1F. The second-order valence-electron chi connectivity index (χ2n) is 4.81. The monoisotopic (exact) mass is 305 g/mol. The third-order valence-electron chi connectivity index (χ3n) is 3.16. The summed E-state index contributed by atoms with van der Waals surface area (Å²) < 4.78 is 19.6. The number of ether oxygens (including phenoxy) is 1. The van der Waals surface area contributed by atoms with Gasteiger partial charge in [-0.25, -0.2) is 9.07 Å². The lowest BCUT2D eigenvalue weighted by Gasteiger charge is -2.17. The van der Waals surface area contributed by atoms with Gasteiger partial charge in [-0.2, -0.15) is 5.10 Å². The number of benzene rings is 1. The van der Waals surface area contributed by atoms with Crippen LogP contribution < -0.4 is 10.3 Å². The van der Waals surface area contributed by atoms with Crippen molar-refractivity contribution < 1.29 is 13.9 Å². The van der Waals surface area contributed by atoms with E-state index in [0.29, 0.717) is 5.56 Å². The molecule has 0 unspecified atom stereocenters. The van der Waals surface area contributed by atoms with Gasteiger partial charge < -0.3 is 9.64 Å². The van der Waals surface area contributed by atoms with Crippen LogP contribution >= 0.6 is 0 Å². The number of nitrogens with zero attached hydrogens (tertiary/aromatic N) is 3.